The van der Waals surface area contributed by atoms with Crippen LogP contribution in [0, 0.1) is 0 Å². The minimum absolute atomic E-state index is 0.232. The van der Waals surface area contributed by atoms with E-state index in [-0.39, 0.29) is 11.1 Å². The van der Waals surface area contributed by atoms with Gasteiger partial charge in [-0.1, -0.05) is 104 Å². The zero-order valence-electron chi connectivity index (χ0n) is 31.1. The quantitative estimate of drug-likeness (QED) is 0.0541. The van der Waals surface area contributed by atoms with Gasteiger partial charge in [0, 0.05) is 22.3 Å². The van der Waals surface area contributed by atoms with Crippen molar-refractivity contribution < 1.29 is 28.7 Å². The van der Waals surface area contributed by atoms with Crippen molar-refractivity contribution in [2.24, 2.45) is 0 Å². The van der Waals surface area contributed by atoms with Gasteiger partial charge in [0.15, 0.2) is 0 Å². The standard InChI is InChI=1S/C42H58N4O6/c1-3-5-7-9-11-13-15-17-31-51-37-27-23-35(24-28-37)41(49)45-43-39(47)33-19-21-34(22-20-33)40(48)44-46-42(50)36-25-29-38(30-26-36)52-32-18-16-14-12-10-8-6-4-2/h19-30H,3-18,31-32H2,1-2H3,(H,43,47)(H,44,48)(H,45,49)(H,46,50). The Hall–Kier alpha value is -4.86. The topological polar surface area (TPSA) is 135 Å². The molecule has 0 spiro atoms. The molecule has 0 unspecified atom stereocenters. The number of ether oxygens (including phenoxy) is 2. The minimum atomic E-state index is -0.552. The van der Waals surface area contributed by atoms with E-state index < -0.39 is 23.6 Å². The molecule has 0 fully saturated rings. The molecule has 3 aromatic rings. The fraction of sp³-hybridized carbons (Fsp3) is 0.476. The number of hydrogen-bond donors (Lipinski definition) is 4. The highest BCUT2D eigenvalue weighted by atomic mass is 16.5. The van der Waals surface area contributed by atoms with E-state index in [1.165, 1.54) is 101 Å². The number of hydrogen-bond acceptors (Lipinski definition) is 6. The van der Waals surface area contributed by atoms with Crippen LogP contribution in [0.15, 0.2) is 72.8 Å². The van der Waals surface area contributed by atoms with Crippen molar-refractivity contribution in [3.63, 3.8) is 0 Å². The van der Waals surface area contributed by atoms with Crippen LogP contribution in [0.25, 0.3) is 0 Å². The summed E-state index contributed by atoms with van der Waals surface area (Å²) in [5, 5.41) is 0. The second-order valence-corrected chi connectivity index (χ2v) is 13.1. The van der Waals surface area contributed by atoms with Gasteiger partial charge in [-0.25, -0.2) is 0 Å². The van der Waals surface area contributed by atoms with Crippen LogP contribution in [-0.4, -0.2) is 36.8 Å². The summed E-state index contributed by atoms with van der Waals surface area (Å²) in [6.45, 7) is 5.72. The first-order chi connectivity index (χ1) is 25.4. The molecule has 10 heteroatoms. The van der Waals surface area contributed by atoms with E-state index in [0.29, 0.717) is 35.8 Å². The Bertz CT molecular complexity index is 1360. The van der Waals surface area contributed by atoms with Gasteiger partial charge >= 0.3 is 0 Å². The largest absolute Gasteiger partial charge is 0.494 e. The lowest BCUT2D eigenvalue weighted by molar-refractivity contribution is 0.0844. The molecule has 4 N–H and O–H groups in total. The summed E-state index contributed by atoms with van der Waals surface area (Å²) < 4.78 is 11.6. The van der Waals surface area contributed by atoms with E-state index in [2.05, 4.69) is 35.6 Å². The van der Waals surface area contributed by atoms with E-state index in [4.69, 9.17) is 9.47 Å². The molecule has 282 valence electrons. The van der Waals surface area contributed by atoms with Gasteiger partial charge in [-0.05, 0) is 85.6 Å². The van der Waals surface area contributed by atoms with E-state index >= 15 is 0 Å². The smallest absolute Gasteiger partial charge is 0.269 e. The predicted molar refractivity (Wildman–Crippen MR) is 205 cm³/mol. The predicted octanol–water partition coefficient (Wildman–Crippen LogP) is 8.88. The second kappa shape index (κ2) is 25.2. The number of unbranched alkanes of at least 4 members (excludes halogenated alkanes) is 14. The van der Waals surface area contributed by atoms with Gasteiger partial charge in [-0.3, -0.25) is 40.9 Å². The van der Waals surface area contributed by atoms with Crippen LogP contribution in [0.3, 0.4) is 0 Å². The van der Waals surface area contributed by atoms with Gasteiger partial charge in [0.1, 0.15) is 11.5 Å². The third kappa shape index (κ3) is 16.4. The summed E-state index contributed by atoms with van der Waals surface area (Å²) in [6, 6.07) is 19.3. The third-order valence-electron chi connectivity index (χ3n) is 8.75. The maximum absolute atomic E-state index is 12.6. The first-order valence-corrected chi connectivity index (χ1v) is 19.2. The first-order valence-electron chi connectivity index (χ1n) is 19.2. The van der Waals surface area contributed by atoms with Gasteiger partial charge in [0.25, 0.3) is 23.6 Å². The van der Waals surface area contributed by atoms with Gasteiger partial charge in [0.05, 0.1) is 13.2 Å². The van der Waals surface area contributed by atoms with Crippen molar-refractivity contribution in [1.29, 1.82) is 0 Å². The number of nitrogens with one attached hydrogen (secondary N) is 4. The summed E-state index contributed by atoms with van der Waals surface area (Å²) in [6.07, 6.45) is 19.7. The highest BCUT2D eigenvalue weighted by Crippen LogP contribution is 2.16. The Morgan fingerprint density at radius 2 is 0.596 bits per heavy atom. The number of hydrazine groups is 2. The Balaban J connectivity index is 1.30. The zero-order chi connectivity index (χ0) is 37.2. The van der Waals surface area contributed by atoms with Crippen molar-refractivity contribution >= 4 is 23.6 Å². The van der Waals surface area contributed by atoms with Crippen molar-refractivity contribution in [2.75, 3.05) is 13.2 Å². The van der Waals surface area contributed by atoms with Gasteiger partial charge in [-0.15, -0.1) is 0 Å². The third-order valence-corrected chi connectivity index (χ3v) is 8.75. The molecule has 3 aromatic carbocycles. The van der Waals surface area contributed by atoms with Crippen LogP contribution < -0.4 is 31.2 Å². The van der Waals surface area contributed by atoms with Crippen molar-refractivity contribution in [1.82, 2.24) is 21.7 Å². The lowest BCUT2D eigenvalue weighted by Gasteiger charge is -2.10. The maximum atomic E-state index is 12.6. The lowest BCUT2D eigenvalue weighted by atomic mass is 10.1. The van der Waals surface area contributed by atoms with Gasteiger partial charge < -0.3 is 9.47 Å². The molecule has 0 aromatic heterocycles. The Labute approximate surface area is 309 Å². The number of benzene rings is 3. The number of carbonyl (C=O) groups excluding carboxylic acids is 4. The number of amides is 4. The highest BCUT2D eigenvalue weighted by molar-refractivity contribution is 6.01. The molecule has 0 radical (unpaired) electrons. The monoisotopic (exact) mass is 714 g/mol. The molecular weight excluding hydrogens is 656 g/mol. The summed E-state index contributed by atoms with van der Waals surface area (Å²) in [5.41, 5.74) is 10.8. The van der Waals surface area contributed by atoms with Crippen LogP contribution in [0.4, 0.5) is 0 Å². The average molecular weight is 715 g/mol. The summed E-state index contributed by atoms with van der Waals surface area (Å²) >= 11 is 0. The molecule has 10 nitrogen and oxygen atoms in total. The minimum Gasteiger partial charge on any atom is -0.494 e. The first kappa shape index (κ1) is 41.6. The molecule has 4 amide bonds. The molecule has 0 aliphatic rings. The molecule has 0 heterocycles. The molecular formula is C42H58N4O6. The molecule has 0 saturated carbocycles. The fourth-order valence-electron chi connectivity index (χ4n) is 5.55. The lowest BCUT2D eigenvalue weighted by Crippen LogP contribution is -2.42. The second-order valence-electron chi connectivity index (χ2n) is 13.1. The molecule has 0 aliphatic carbocycles. The van der Waals surface area contributed by atoms with Crippen LogP contribution in [0.2, 0.25) is 0 Å². The molecule has 0 aliphatic heterocycles. The molecule has 3 rings (SSSR count). The van der Waals surface area contributed by atoms with E-state index in [1.54, 1.807) is 48.5 Å². The van der Waals surface area contributed by atoms with Crippen molar-refractivity contribution in [3.8, 4) is 11.5 Å². The Morgan fingerprint density at radius 3 is 0.865 bits per heavy atom. The van der Waals surface area contributed by atoms with Crippen LogP contribution in [0.1, 0.15) is 158 Å². The maximum Gasteiger partial charge on any atom is 0.269 e. The Kier molecular flexibility index (Phi) is 20.1. The van der Waals surface area contributed by atoms with Crippen molar-refractivity contribution in [3.05, 3.63) is 95.1 Å². The van der Waals surface area contributed by atoms with Gasteiger partial charge in [0.2, 0.25) is 0 Å². The molecule has 52 heavy (non-hydrogen) atoms. The van der Waals surface area contributed by atoms with Gasteiger partial charge in [-0.2, -0.15) is 0 Å². The number of rotatable bonds is 24. The van der Waals surface area contributed by atoms with E-state index in [0.717, 1.165) is 25.7 Å². The fourth-order valence-corrected chi connectivity index (χ4v) is 5.55. The number of carbonyl (C=O) groups is 4. The summed E-state index contributed by atoms with van der Waals surface area (Å²) in [4.78, 5) is 50.3. The van der Waals surface area contributed by atoms with Crippen molar-refractivity contribution in [2.45, 2.75) is 117 Å². The average Bonchev–Trinajstić information content (AvgIpc) is 3.18. The highest BCUT2D eigenvalue weighted by Gasteiger charge is 2.13. The van der Waals surface area contributed by atoms with Crippen LogP contribution >= 0.6 is 0 Å². The summed E-state index contributed by atoms with van der Waals surface area (Å²) in [5.74, 6) is -0.675. The van der Waals surface area contributed by atoms with Crippen LogP contribution in [-0.2, 0) is 0 Å². The normalized spacial score (nSPS) is 10.7. The van der Waals surface area contributed by atoms with E-state index in [9.17, 15) is 19.2 Å². The summed E-state index contributed by atoms with van der Waals surface area (Å²) in [7, 11) is 0. The van der Waals surface area contributed by atoms with E-state index in [1.807, 2.05) is 0 Å². The zero-order valence-corrected chi connectivity index (χ0v) is 31.1. The molecule has 0 saturated heterocycles. The van der Waals surface area contributed by atoms with Crippen LogP contribution in [0.5, 0.6) is 11.5 Å². The molecule has 0 bridgehead atoms. The Morgan fingerprint density at radius 1 is 0.365 bits per heavy atom. The molecule has 0 atom stereocenters. The SMILES string of the molecule is CCCCCCCCCCOc1ccc(C(=O)NNC(=O)c2ccc(C(=O)NNC(=O)c3ccc(OCCCCCCCCCC)cc3)cc2)cc1.